The SMILES string of the molecule is CCC(C)C(=O)OC1c2ccccc2-c2ccccc21. The highest BCUT2D eigenvalue weighted by Crippen LogP contribution is 2.45. The van der Waals surface area contributed by atoms with Crippen molar-refractivity contribution < 1.29 is 9.53 Å². The Hall–Kier alpha value is -2.09. The molecule has 0 radical (unpaired) electrons. The van der Waals surface area contributed by atoms with Gasteiger partial charge in [0.25, 0.3) is 0 Å². The molecule has 0 saturated heterocycles. The van der Waals surface area contributed by atoms with Crippen LogP contribution in [0.5, 0.6) is 0 Å². The van der Waals surface area contributed by atoms with Gasteiger partial charge in [0.2, 0.25) is 0 Å². The molecule has 1 atom stereocenters. The van der Waals surface area contributed by atoms with E-state index in [-0.39, 0.29) is 18.0 Å². The lowest BCUT2D eigenvalue weighted by Gasteiger charge is -2.17. The van der Waals surface area contributed by atoms with Gasteiger partial charge >= 0.3 is 5.97 Å². The number of esters is 1. The van der Waals surface area contributed by atoms with E-state index in [4.69, 9.17) is 4.74 Å². The molecule has 0 N–H and O–H groups in total. The molecule has 2 nitrogen and oxygen atoms in total. The minimum Gasteiger partial charge on any atom is -0.452 e. The summed E-state index contributed by atoms with van der Waals surface area (Å²) in [4.78, 5) is 12.1. The average Bonchev–Trinajstić information content (AvgIpc) is 2.81. The predicted molar refractivity (Wildman–Crippen MR) is 79.3 cm³/mol. The van der Waals surface area contributed by atoms with Crippen molar-refractivity contribution in [3.05, 3.63) is 59.7 Å². The molecule has 102 valence electrons. The van der Waals surface area contributed by atoms with E-state index in [1.807, 2.05) is 50.2 Å². The van der Waals surface area contributed by atoms with Crippen LogP contribution in [0.15, 0.2) is 48.5 Å². The number of hydrogen-bond donors (Lipinski definition) is 0. The molecule has 0 aliphatic heterocycles. The minimum absolute atomic E-state index is 0.0603. The largest absolute Gasteiger partial charge is 0.452 e. The lowest BCUT2D eigenvalue weighted by molar-refractivity contribution is -0.151. The first-order chi connectivity index (χ1) is 9.72. The molecule has 20 heavy (non-hydrogen) atoms. The fourth-order valence-electron chi connectivity index (χ4n) is 2.64. The topological polar surface area (TPSA) is 26.3 Å². The molecule has 1 unspecified atom stereocenters. The van der Waals surface area contributed by atoms with Gasteiger partial charge in [0, 0.05) is 11.1 Å². The number of ether oxygens (including phenoxy) is 1. The molecule has 0 saturated carbocycles. The summed E-state index contributed by atoms with van der Waals surface area (Å²) in [5.74, 6) is -0.182. The van der Waals surface area contributed by atoms with E-state index in [9.17, 15) is 4.79 Å². The highest BCUT2D eigenvalue weighted by Gasteiger charge is 2.31. The first-order valence-electron chi connectivity index (χ1n) is 7.11. The summed E-state index contributed by atoms with van der Waals surface area (Å²) in [5.41, 5.74) is 4.52. The van der Waals surface area contributed by atoms with Crippen LogP contribution in [0.1, 0.15) is 37.5 Å². The molecule has 1 aliphatic rings. The molecular weight excluding hydrogens is 248 g/mol. The van der Waals surface area contributed by atoms with Gasteiger partial charge in [-0.15, -0.1) is 0 Å². The zero-order valence-electron chi connectivity index (χ0n) is 11.8. The average molecular weight is 266 g/mol. The van der Waals surface area contributed by atoms with Gasteiger partial charge in [0.05, 0.1) is 5.92 Å². The van der Waals surface area contributed by atoms with Crippen molar-refractivity contribution in [1.82, 2.24) is 0 Å². The van der Waals surface area contributed by atoms with Crippen LogP contribution < -0.4 is 0 Å². The van der Waals surface area contributed by atoms with Crippen molar-refractivity contribution in [2.45, 2.75) is 26.4 Å². The normalized spacial score (nSPS) is 14.5. The van der Waals surface area contributed by atoms with Gasteiger partial charge in [-0.3, -0.25) is 4.79 Å². The van der Waals surface area contributed by atoms with Crippen LogP contribution >= 0.6 is 0 Å². The van der Waals surface area contributed by atoms with Crippen LogP contribution in [0, 0.1) is 5.92 Å². The summed E-state index contributed by atoms with van der Waals surface area (Å²) in [6.45, 7) is 3.91. The van der Waals surface area contributed by atoms with Gasteiger partial charge < -0.3 is 4.74 Å². The molecule has 0 spiro atoms. The minimum atomic E-state index is -0.260. The predicted octanol–water partition coefficient (Wildman–Crippen LogP) is 4.35. The molecule has 1 aliphatic carbocycles. The van der Waals surface area contributed by atoms with E-state index in [2.05, 4.69) is 12.1 Å². The van der Waals surface area contributed by atoms with Crippen molar-refractivity contribution in [2.24, 2.45) is 5.92 Å². The molecule has 0 bridgehead atoms. The van der Waals surface area contributed by atoms with Crippen LogP contribution in [-0.2, 0) is 9.53 Å². The molecular formula is C18H18O2. The molecule has 3 rings (SSSR count). The number of carbonyl (C=O) groups excluding carboxylic acids is 1. The van der Waals surface area contributed by atoms with Crippen LogP contribution in [0.4, 0.5) is 0 Å². The Morgan fingerprint density at radius 2 is 1.55 bits per heavy atom. The second-order valence-corrected chi connectivity index (χ2v) is 5.30. The zero-order chi connectivity index (χ0) is 14.1. The number of rotatable bonds is 3. The maximum atomic E-state index is 12.1. The standard InChI is InChI=1S/C18H18O2/c1-3-12(2)18(19)20-17-15-10-6-4-8-13(15)14-9-5-7-11-16(14)17/h4-12,17H,3H2,1-2H3. The first-order valence-corrected chi connectivity index (χ1v) is 7.11. The molecule has 0 fully saturated rings. The number of hydrogen-bond acceptors (Lipinski definition) is 2. The summed E-state index contributed by atoms with van der Waals surface area (Å²) in [6, 6.07) is 16.3. The van der Waals surface area contributed by atoms with Crippen molar-refractivity contribution in [2.75, 3.05) is 0 Å². The van der Waals surface area contributed by atoms with Gasteiger partial charge in [-0.25, -0.2) is 0 Å². The Bertz CT molecular complexity index is 600. The van der Waals surface area contributed by atoms with Gasteiger partial charge in [-0.2, -0.15) is 0 Å². The third-order valence-corrected chi connectivity index (χ3v) is 4.03. The molecule has 0 amide bonds. The molecule has 2 aromatic carbocycles. The first kappa shape index (κ1) is 12.9. The maximum Gasteiger partial charge on any atom is 0.309 e. The van der Waals surface area contributed by atoms with E-state index in [0.29, 0.717) is 0 Å². The van der Waals surface area contributed by atoms with E-state index in [0.717, 1.165) is 17.5 Å². The van der Waals surface area contributed by atoms with Gasteiger partial charge in [0.15, 0.2) is 6.10 Å². The van der Waals surface area contributed by atoms with Gasteiger partial charge in [0.1, 0.15) is 0 Å². The number of fused-ring (bicyclic) bond motifs is 3. The Morgan fingerprint density at radius 1 is 1.05 bits per heavy atom. The second kappa shape index (κ2) is 5.12. The fourth-order valence-corrected chi connectivity index (χ4v) is 2.64. The molecule has 0 heterocycles. The third-order valence-electron chi connectivity index (χ3n) is 4.03. The smallest absolute Gasteiger partial charge is 0.309 e. The summed E-state index contributed by atoms with van der Waals surface area (Å²) >= 11 is 0. The van der Waals surface area contributed by atoms with Crippen molar-refractivity contribution in [3.63, 3.8) is 0 Å². The molecule has 2 aromatic rings. The molecule has 0 aromatic heterocycles. The van der Waals surface area contributed by atoms with Crippen LogP contribution in [-0.4, -0.2) is 5.97 Å². The summed E-state index contributed by atoms with van der Waals surface area (Å²) in [7, 11) is 0. The fraction of sp³-hybridized carbons (Fsp3) is 0.278. The van der Waals surface area contributed by atoms with Crippen molar-refractivity contribution >= 4 is 5.97 Å². The maximum absolute atomic E-state index is 12.1. The monoisotopic (exact) mass is 266 g/mol. The Labute approximate surface area is 119 Å². The Balaban J connectivity index is 2.01. The lowest BCUT2D eigenvalue weighted by atomic mass is 10.1. The third kappa shape index (κ3) is 2.01. The highest BCUT2D eigenvalue weighted by molar-refractivity contribution is 5.80. The van der Waals surface area contributed by atoms with Crippen molar-refractivity contribution in [1.29, 1.82) is 0 Å². The van der Waals surface area contributed by atoms with E-state index in [1.165, 1.54) is 11.1 Å². The number of carbonyl (C=O) groups is 1. The van der Waals surface area contributed by atoms with Gasteiger partial charge in [-0.1, -0.05) is 62.4 Å². The summed E-state index contributed by atoms with van der Waals surface area (Å²) in [6.07, 6.45) is 0.540. The summed E-state index contributed by atoms with van der Waals surface area (Å²) in [5, 5.41) is 0. The van der Waals surface area contributed by atoms with Crippen LogP contribution in [0.3, 0.4) is 0 Å². The van der Waals surface area contributed by atoms with Crippen LogP contribution in [0.25, 0.3) is 11.1 Å². The van der Waals surface area contributed by atoms with E-state index >= 15 is 0 Å². The Morgan fingerprint density at radius 3 is 2.05 bits per heavy atom. The number of benzene rings is 2. The Kier molecular flexibility index (Phi) is 3.31. The van der Waals surface area contributed by atoms with Crippen LogP contribution in [0.2, 0.25) is 0 Å². The van der Waals surface area contributed by atoms with E-state index < -0.39 is 0 Å². The second-order valence-electron chi connectivity index (χ2n) is 5.30. The molecule has 2 heteroatoms. The zero-order valence-corrected chi connectivity index (χ0v) is 11.8. The highest BCUT2D eigenvalue weighted by atomic mass is 16.5. The summed E-state index contributed by atoms with van der Waals surface area (Å²) < 4.78 is 5.78. The van der Waals surface area contributed by atoms with E-state index in [1.54, 1.807) is 0 Å². The van der Waals surface area contributed by atoms with Crippen molar-refractivity contribution in [3.8, 4) is 11.1 Å². The lowest BCUT2D eigenvalue weighted by Crippen LogP contribution is -2.17. The van der Waals surface area contributed by atoms with Gasteiger partial charge in [-0.05, 0) is 17.5 Å². The quantitative estimate of drug-likeness (QED) is 0.772.